The Morgan fingerprint density at radius 1 is 1.48 bits per heavy atom. The van der Waals surface area contributed by atoms with Gasteiger partial charge in [-0.1, -0.05) is 0 Å². The van der Waals surface area contributed by atoms with E-state index in [0.717, 1.165) is 9.58 Å². The quantitative estimate of drug-likeness (QED) is 0.483. The number of thioether (sulfide) groups is 1. The van der Waals surface area contributed by atoms with Gasteiger partial charge < -0.3 is 10.4 Å². The van der Waals surface area contributed by atoms with E-state index in [4.69, 9.17) is 4.84 Å². The van der Waals surface area contributed by atoms with E-state index in [-0.39, 0.29) is 29.2 Å². The normalized spacial score (nSPS) is 11.9. The first-order valence-electron chi connectivity index (χ1n) is 8.03. The summed E-state index contributed by atoms with van der Waals surface area (Å²) in [7, 11) is 1.40. The van der Waals surface area contributed by atoms with E-state index in [1.165, 1.54) is 44.8 Å². The summed E-state index contributed by atoms with van der Waals surface area (Å²) in [6.45, 7) is 2.88. The second-order valence-corrected chi connectivity index (χ2v) is 6.72. The van der Waals surface area contributed by atoms with Crippen molar-refractivity contribution in [3.05, 3.63) is 45.6 Å². The summed E-state index contributed by atoms with van der Waals surface area (Å²) in [6, 6.07) is 4.58. The van der Waals surface area contributed by atoms with E-state index >= 15 is 0 Å². The molecule has 8 nitrogen and oxygen atoms in total. The van der Waals surface area contributed by atoms with E-state index < -0.39 is 23.4 Å². The lowest BCUT2D eigenvalue weighted by molar-refractivity contribution is -0.00717. The number of anilines is 2. The van der Waals surface area contributed by atoms with Crippen LogP contribution in [0.2, 0.25) is 0 Å². The van der Waals surface area contributed by atoms with Crippen molar-refractivity contribution in [2.24, 2.45) is 7.05 Å². The Hall–Kier alpha value is -2.43. The molecule has 0 aliphatic carbocycles. The molecule has 0 aliphatic heterocycles. The zero-order chi connectivity index (χ0) is 20.1. The van der Waals surface area contributed by atoms with Gasteiger partial charge in [0.25, 0.3) is 11.5 Å². The molecule has 0 radical (unpaired) electrons. The number of hydrogen-bond acceptors (Lipinski definition) is 7. The molecule has 0 saturated heterocycles. The van der Waals surface area contributed by atoms with Crippen LogP contribution in [-0.4, -0.2) is 39.8 Å². The van der Waals surface area contributed by atoms with Crippen LogP contribution in [0.25, 0.3) is 0 Å². The first-order chi connectivity index (χ1) is 12.7. The number of aliphatic hydroxyl groups excluding tert-OH is 1. The topological polar surface area (TPSA) is 105 Å². The van der Waals surface area contributed by atoms with Gasteiger partial charge in [0, 0.05) is 17.5 Å². The SMILES string of the molecule is CSc1ccc(Nc2c(C(=O)NOCC(C)O)nn(C)c(=O)c2C)c(F)c1. The lowest BCUT2D eigenvalue weighted by Gasteiger charge is -2.16. The molecule has 1 aromatic heterocycles. The van der Waals surface area contributed by atoms with Gasteiger partial charge in [-0.05, 0) is 38.3 Å². The Morgan fingerprint density at radius 2 is 2.19 bits per heavy atom. The van der Waals surface area contributed by atoms with Crippen LogP contribution in [0, 0.1) is 12.7 Å². The standard InChI is InChI=1S/C17H21FN4O4S/c1-9(23)8-26-21-16(24)15-14(10(2)17(25)22(3)20-15)19-13-6-5-11(27-4)7-12(13)18/h5-7,9,19,23H,8H2,1-4H3,(H,21,24). The summed E-state index contributed by atoms with van der Waals surface area (Å²) in [4.78, 5) is 30.3. The predicted octanol–water partition coefficient (Wildman–Crippen LogP) is 1.74. The van der Waals surface area contributed by atoms with E-state index in [0.29, 0.717) is 0 Å². The maximum Gasteiger partial charge on any atom is 0.297 e. The minimum Gasteiger partial charge on any atom is -0.391 e. The molecular formula is C17H21FN4O4S. The molecule has 146 valence electrons. The van der Waals surface area contributed by atoms with Gasteiger partial charge in [0.05, 0.1) is 17.5 Å². The van der Waals surface area contributed by atoms with Crippen LogP contribution in [0.4, 0.5) is 15.8 Å². The molecule has 0 bridgehead atoms. The Kier molecular flexibility index (Phi) is 6.94. The van der Waals surface area contributed by atoms with Crippen LogP contribution in [0.3, 0.4) is 0 Å². The highest BCUT2D eigenvalue weighted by atomic mass is 32.2. The van der Waals surface area contributed by atoms with Gasteiger partial charge in [0.1, 0.15) is 12.4 Å². The minimum atomic E-state index is -0.776. The fourth-order valence-electron chi connectivity index (χ4n) is 2.22. The second-order valence-electron chi connectivity index (χ2n) is 5.84. The molecule has 1 atom stereocenters. The number of aromatic nitrogens is 2. The summed E-state index contributed by atoms with van der Waals surface area (Å²) in [5, 5.41) is 15.9. The number of aryl methyl sites for hydroxylation is 1. The van der Waals surface area contributed by atoms with Crippen molar-refractivity contribution in [3.8, 4) is 0 Å². The predicted molar refractivity (Wildman–Crippen MR) is 101 cm³/mol. The summed E-state index contributed by atoms with van der Waals surface area (Å²) in [6.07, 6.45) is 1.05. The first kappa shape index (κ1) is 20.9. The van der Waals surface area contributed by atoms with Crippen LogP contribution < -0.4 is 16.4 Å². The van der Waals surface area contributed by atoms with Crippen LogP contribution >= 0.6 is 11.8 Å². The smallest absolute Gasteiger partial charge is 0.297 e. The third kappa shape index (κ3) is 5.06. The Bertz CT molecular complexity index is 901. The molecule has 1 aromatic carbocycles. The van der Waals surface area contributed by atoms with Crippen molar-refractivity contribution < 1.29 is 19.1 Å². The number of rotatable bonds is 7. The van der Waals surface area contributed by atoms with E-state index in [1.807, 2.05) is 6.26 Å². The number of benzene rings is 1. The Labute approximate surface area is 159 Å². The Balaban J connectivity index is 2.41. The number of halogens is 1. The number of hydrogen-bond donors (Lipinski definition) is 3. The van der Waals surface area contributed by atoms with Gasteiger partial charge in [-0.3, -0.25) is 14.4 Å². The van der Waals surface area contributed by atoms with E-state index in [9.17, 15) is 19.1 Å². The van der Waals surface area contributed by atoms with Crippen molar-refractivity contribution in [2.75, 3.05) is 18.2 Å². The maximum atomic E-state index is 14.3. The highest BCUT2D eigenvalue weighted by molar-refractivity contribution is 7.98. The number of nitrogens with zero attached hydrogens (tertiary/aromatic N) is 2. The highest BCUT2D eigenvalue weighted by Crippen LogP contribution is 2.26. The highest BCUT2D eigenvalue weighted by Gasteiger charge is 2.21. The summed E-state index contributed by atoms with van der Waals surface area (Å²) < 4.78 is 15.3. The van der Waals surface area contributed by atoms with Crippen molar-refractivity contribution in [1.82, 2.24) is 15.3 Å². The van der Waals surface area contributed by atoms with Gasteiger partial charge in [-0.25, -0.2) is 14.6 Å². The molecule has 0 fully saturated rings. The van der Waals surface area contributed by atoms with Gasteiger partial charge in [-0.15, -0.1) is 11.8 Å². The molecule has 1 unspecified atom stereocenters. The van der Waals surface area contributed by atoms with Crippen LogP contribution in [0.1, 0.15) is 23.0 Å². The van der Waals surface area contributed by atoms with E-state index in [1.54, 1.807) is 6.07 Å². The van der Waals surface area contributed by atoms with Crippen molar-refractivity contribution >= 4 is 29.0 Å². The Morgan fingerprint density at radius 3 is 2.78 bits per heavy atom. The van der Waals surface area contributed by atoms with Crippen molar-refractivity contribution in [2.45, 2.75) is 24.8 Å². The molecular weight excluding hydrogens is 375 g/mol. The lowest BCUT2D eigenvalue weighted by Crippen LogP contribution is -2.33. The van der Waals surface area contributed by atoms with Crippen LogP contribution in [-0.2, 0) is 11.9 Å². The average molecular weight is 396 g/mol. The number of amides is 1. The summed E-state index contributed by atoms with van der Waals surface area (Å²) in [5.41, 5.74) is 1.95. The van der Waals surface area contributed by atoms with Crippen LogP contribution in [0.15, 0.2) is 27.9 Å². The van der Waals surface area contributed by atoms with E-state index in [2.05, 4.69) is 15.9 Å². The number of aliphatic hydroxyl groups is 1. The molecule has 27 heavy (non-hydrogen) atoms. The largest absolute Gasteiger partial charge is 0.391 e. The number of hydroxylamine groups is 1. The molecule has 0 saturated carbocycles. The molecule has 3 N–H and O–H groups in total. The third-order valence-electron chi connectivity index (χ3n) is 3.62. The number of nitrogens with one attached hydrogen (secondary N) is 2. The molecule has 10 heteroatoms. The minimum absolute atomic E-state index is 0.0760. The molecule has 2 aromatic rings. The monoisotopic (exact) mass is 396 g/mol. The molecule has 1 heterocycles. The van der Waals surface area contributed by atoms with Crippen LogP contribution in [0.5, 0.6) is 0 Å². The van der Waals surface area contributed by atoms with Gasteiger partial charge >= 0.3 is 0 Å². The summed E-state index contributed by atoms with van der Waals surface area (Å²) >= 11 is 1.39. The molecule has 1 amide bonds. The molecule has 2 rings (SSSR count). The van der Waals surface area contributed by atoms with Gasteiger partial charge in [-0.2, -0.15) is 5.10 Å². The number of carbonyl (C=O) groups is 1. The second kappa shape index (κ2) is 8.98. The number of carbonyl (C=O) groups excluding carboxylic acids is 1. The van der Waals surface area contributed by atoms with Gasteiger partial charge in [0.2, 0.25) is 0 Å². The third-order valence-corrected chi connectivity index (χ3v) is 4.34. The summed E-state index contributed by atoms with van der Waals surface area (Å²) in [5.74, 6) is -1.27. The zero-order valence-corrected chi connectivity index (χ0v) is 16.2. The molecule has 0 spiro atoms. The fourth-order valence-corrected chi connectivity index (χ4v) is 2.64. The fraction of sp³-hybridized carbons (Fsp3) is 0.353. The first-order valence-corrected chi connectivity index (χ1v) is 9.25. The lowest BCUT2D eigenvalue weighted by atomic mass is 10.2. The maximum absolute atomic E-state index is 14.3. The zero-order valence-electron chi connectivity index (χ0n) is 15.4. The van der Waals surface area contributed by atoms with Crippen molar-refractivity contribution in [1.29, 1.82) is 0 Å². The average Bonchev–Trinajstić information content (AvgIpc) is 2.62. The van der Waals surface area contributed by atoms with Gasteiger partial charge in [0.15, 0.2) is 5.69 Å². The molecule has 0 aliphatic rings. The van der Waals surface area contributed by atoms with Crippen molar-refractivity contribution in [3.63, 3.8) is 0 Å².